The van der Waals surface area contributed by atoms with Gasteiger partial charge in [0.15, 0.2) is 0 Å². The summed E-state index contributed by atoms with van der Waals surface area (Å²) in [6.07, 6.45) is -4.46. The van der Waals surface area contributed by atoms with Crippen LogP contribution in [-0.2, 0) is 9.59 Å². The van der Waals surface area contributed by atoms with E-state index in [4.69, 9.17) is 5.73 Å². The molecule has 0 bridgehead atoms. The Morgan fingerprint density at radius 1 is 1.18 bits per heavy atom. The van der Waals surface area contributed by atoms with E-state index in [2.05, 4.69) is 15.4 Å². The summed E-state index contributed by atoms with van der Waals surface area (Å²) in [7, 11) is 1.39. The number of benzene rings is 1. The molecular formula is C17H23F3N4O4. The van der Waals surface area contributed by atoms with Crippen molar-refractivity contribution in [1.29, 1.82) is 0 Å². The van der Waals surface area contributed by atoms with E-state index in [1.165, 1.54) is 19.2 Å². The monoisotopic (exact) mass is 404 g/mol. The van der Waals surface area contributed by atoms with Crippen LogP contribution in [0.4, 0.5) is 23.7 Å². The molecule has 28 heavy (non-hydrogen) atoms. The zero-order chi connectivity index (χ0) is 21.5. The molecule has 0 aliphatic heterocycles. The van der Waals surface area contributed by atoms with Crippen LogP contribution in [0.15, 0.2) is 24.3 Å². The average molecular weight is 404 g/mol. The predicted molar refractivity (Wildman–Crippen MR) is 95.4 cm³/mol. The van der Waals surface area contributed by atoms with Gasteiger partial charge in [-0.1, -0.05) is 13.8 Å². The minimum atomic E-state index is -4.81. The predicted octanol–water partition coefficient (Wildman–Crippen LogP) is 2.07. The van der Waals surface area contributed by atoms with Crippen LogP contribution < -0.4 is 21.1 Å². The van der Waals surface area contributed by atoms with Crippen molar-refractivity contribution in [3.05, 3.63) is 24.3 Å². The number of urea groups is 1. The van der Waals surface area contributed by atoms with Crippen LogP contribution >= 0.6 is 0 Å². The first-order valence-electron chi connectivity index (χ1n) is 8.34. The third kappa shape index (κ3) is 8.60. The molecule has 156 valence electrons. The third-order valence-electron chi connectivity index (χ3n) is 3.45. The molecule has 1 atom stereocenters. The fourth-order valence-electron chi connectivity index (χ4n) is 2.36. The lowest BCUT2D eigenvalue weighted by molar-refractivity contribution is -0.274. The maximum Gasteiger partial charge on any atom is 0.573 e. The van der Waals surface area contributed by atoms with Crippen LogP contribution in [-0.4, -0.2) is 48.7 Å². The lowest BCUT2D eigenvalue weighted by Crippen LogP contribution is -2.50. The molecule has 0 aliphatic rings. The fourth-order valence-corrected chi connectivity index (χ4v) is 2.36. The van der Waals surface area contributed by atoms with Gasteiger partial charge in [-0.25, -0.2) is 4.79 Å². The average Bonchev–Trinajstić information content (AvgIpc) is 2.53. The zero-order valence-electron chi connectivity index (χ0n) is 15.7. The second-order valence-electron chi connectivity index (χ2n) is 6.51. The number of primary amides is 1. The fraction of sp³-hybridized carbons (Fsp3) is 0.471. The van der Waals surface area contributed by atoms with Crippen LogP contribution in [0, 0.1) is 5.92 Å². The van der Waals surface area contributed by atoms with E-state index in [0.29, 0.717) is 6.42 Å². The third-order valence-corrected chi connectivity index (χ3v) is 3.45. The lowest BCUT2D eigenvalue weighted by Gasteiger charge is -2.24. The summed E-state index contributed by atoms with van der Waals surface area (Å²) >= 11 is 0. The molecule has 8 nitrogen and oxygen atoms in total. The molecule has 0 fully saturated rings. The topological polar surface area (TPSA) is 114 Å². The van der Waals surface area contributed by atoms with E-state index in [9.17, 15) is 27.6 Å². The standard InChI is InChI=1S/C17H23F3N4O4/c1-10(2)8-13(23-16(21)27)15(26)24(3)9-14(25)22-11-4-6-12(7-5-11)28-17(18,19)20/h4-7,10,13H,8-9H2,1-3H3,(H,22,25)(H3,21,23,27)/t13-/m0/s1. The smallest absolute Gasteiger partial charge is 0.406 e. The van der Waals surface area contributed by atoms with Gasteiger partial charge in [0.25, 0.3) is 0 Å². The van der Waals surface area contributed by atoms with Gasteiger partial charge in [0.2, 0.25) is 11.8 Å². The first kappa shape index (κ1) is 23.1. The molecule has 4 N–H and O–H groups in total. The Morgan fingerprint density at radius 2 is 1.75 bits per heavy atom. The number of ether oxygens (including phenoxy) is 1. The first-order chi connectivity index (χ1) is 12.9. The summed E-state index contributed by atoms with van der Waals surface area (Å²) < 4.78 is 40.1. The number of amides is 4. The Bertz CT molecular complexity index is 693. The van der Waals surface area contributed by atoms with Crippen LogP contribution in [0.5, 0.6) is 5.75 Å². The van der Waals surface area contributed by atoms with Gasteiger partial charge in [0.1, 0.15) is 11.8 Å². The second-order valence-corrected chi connectivity index (χ2v) is 6.51. The number of likely N-dealkylation sites (N-methyl/N-ethyl adjacent to an activating group) is 1. The number of hydrogen-bond acceptors (Lipinski definition) is 4. The van der Waals surface area contributed by atoms with E-state index < -0.39 is 36.0 Å². The molecule has 0 saturated heterocycles. The van der Waals surface area contributed by atoms with Crippen molar-refractivity contribution < 1.29 is 32.3 Å². The Balaban J connectivity index is 2.65. The highest BCUT2D eigenvalue weighted by atomic mass is 19.4. The van der Waals surface area contributed by atoms with Gasteiger partial charge in [0, 0.05) is 12.7 Å². The van der Waals surface area contributed by atoms with E-state index >= 15 is 0 Å². The lowest BCUT2D eigenvalue weighted by atomic mass is 10.0. The molecule has 4 amide bonds. The minimum absolute atomic E-state index is 0.0976. The molecule has 0 unspecified atom stereocenters. The van der Waals surface area contributed by atoms with E-state index in [1.54, 1.807) is 0 Å². The number of carbonyl (C=O) groups is 3. The number of rotatable bonds is 8. The van der Waals surface area contributed by atoms with Crippen molar-refractivity contribution in [1.82, 2.24) is 10.2 Å². The van der Waals surface area contributed by atoms with Crippen molar-refractivity contribution in [2.24, 2.45) is 11.7 Å². The first-order valence-corrected chi connectivity index (χ1v) is 8.34. The maximum absolute atomic E-state index is 12.4. The number of nitrogens with two attached hydrogens (primary N) is 1. The number of anilines is 1. The van der Waals surface area contributed by atoms with Gasteiger partial charge < -0.3 is 26.0 Å². The van der Waals surface area contributed by atoms with Crippen LogP contribution in [0.1, 0.15) is 20.3 Å². The van der Waals surface area contributed by atoms with Crippen molar-refractivity contribution in [3.63, 3.8) is 0 Å². The van der Waals surface area contributed by atoms with Gasteiger partial charge >= 0.3 is 12.4 Å². The van der Waals surface area contributed by atoms with Crippen LogP contribution in [0.25, 0.3) is 0 Å². The zero-order valence-corrected chi connectivity index (χ0v) is 15.7. The molecule has 0 heterocycles. The number of hydrogen-bond donors (Lipinski definition) is 3. The van der Waals surface area contributed by atoms with Crippen molar-refractivity contribution in [3.8, 4) is 5.75 Å². The van der Waals surface area contributed by atoms with Crippen molar-refractivity contribution in [2.75, 3.05) is 18.9 Å². The van der Waals surface area contributed by atoms with Crippen LogP contribution in [0.2, 0.25) is 0 Å². The molecule has 0 saturated carbocycles. The van der Waals surface area contributed by atoms with Gasteiger partial charge in [-0.15, -0.1) is 13.2 Å². The largest absolute Gasteiger partial charge is 0.573 e. The Hall–Kier alpha value is -2.98. The summed E-state index contributed by atoms with van der Waals surface area (Å²) in [6.45, 7) is 3.40. The van der Waals surface area contributed by atoms with Crippen LogP contribution in [0.3, 0.4) is 0 Å². The molecule has 1 aromatic carbocycles. The van der Waals surface area contributed by atoms with Gasteiger partial charge in [-0.2, -0.15) is 0 Å². The van der Waals surface area contributed by atoms with E-state index in [-0.39, 0.29) is 18.2 Å². The molecule has 0 radical (unpaired) electrons. The maximum atomic E-state index is 12.4. The number of alkyl halides is 3. The highest BCUT2D eigenvalue weighted by Gasteiger charge is 2.31. The van der Waals surface area contributed by atoms with Crippen molar-refractivity contribution >= 4 is 23.5 Å². The van der Waals surface area contributed by atoms with E-state index in [0.717, 1.165) is 17.0 Å². The quantitative estimate of drug-likeness (QED) is 0.615. The number of carbonyl (C=O) groups excluding carboxylic acids is 3. The molecule has 0 spiro atoms. The molecule has 11 heteroatoms. The molecule has 0 aromatic heterocycles. The van der Waals surface area contributed by atoms with Gasteiger partial charge in [-0.3, -0.25) is 9.59 Å². The van der Waals surface area contributed by atoms with Gasteiger partial charge in [0.05, 0.1) is 6.54 Å². The summed E-state index contributed by atoms with van der Waals surface area (Å²) in [5, 5.41) is 4.81. The summed E-state index contributed by atoms with van der Waals surface area (Å²) in [5.74, 6) is -1.38. The molecular weight excluding hydrogens is 381 g/mol. The SMILES string of the molecule is CC(C)C[C@H](NC(N)=O)C(=O)N(C)CC(=O)Nc1ccc(OC(F)(F)F)cc1. The summed E-state index contributed by atoms with van der Waals surface area (Å²) in [6, 6.07) is 2.85. The molecule has 0 aliphatic carbocycles. The number of nitrogens with one attached hydrogen (secondary N) is 2. The Kier molecular flexibility index (Phi) is 8.08. The summed E-state index contributed by atoms with van der Waals surface area (Å²) in [4.78, 5) is 36.7. The van der Waals surface area contributed by atoms with Gasteiger partial charge in [-0.05, 0) is 36.6 Å². The molecule has 1 aromatic rings. The number of nitrogens with zero attached hydrogens (tertiary/aromatic N) is 1. The highest BCUT2D eigenvalue weighted by Crippen LogP contribution is 2.23. The highest BCUT2D eigenvalue weighted by molar-refractivity contribution is 5.95. The second kappa shape index (κ2) is 9.81. The Morgan fingerprint density at radius 3 is 2.21 bits per heavy atom. The normalized spacial score (nSPS) is 12.2. The minimum Gasteiger partial charge on any atom is -0.406 e. The molecule has 1 rings (SSSR count). The number of halogens is 3. The Labute approximate surface area is 160 Å². The summed E-state index contributed by atoms with van der Waals surface area (Å²) in [5.41, 5.74) is 5.31. The van der Waals surface area contributed by atoms with E-state index in [1.807, 2.05) is 13.8 Å². The van der Waals surface area contributed by atoms with Crippen molar-refractivity contribution in [2.45, 2.75) is 32.7 Å².